The number of hydrogen-bond donors (Lipinski definition) is 1. The lowest BCUT2D eigenvalue weighted by molar-refractivity contribution is -0.145. The van der Waals surface area contributed by atoms with Crippen molar-refractivity contribution in [3.8, 4) is 5.75 Å². The average molecular weight is 341 g/mol. The molecule has 0 atom stereocenters. The second-order valence-corrected chi connectivity index (χ2v) is 5.63. The number of rotatable bonds is 9. The highest BCUT2D eigenvalue weighted by atomic mass is 16.5. The van der Waals surface area contributed by atoms with Crippen LogP contribution in [-0.2, 0) is 20.9 Å². The van der Waals surface area contributed by atoms with E-state index < -0.39 is 5.97 Å². The lowest BCUT2D eigenvalue weighted by atomic mass is 10.2. The zero-order valence-electron chi connectivity index (χ0n) is 14.6. The highest BCUT2D eigenvalue weighted by Gasteiger charge is 2.11. The number of aryl methyl sites for hydroxylation is 1. The highest BCUT2D eigenvalue weighted by Crippen LogP contribution is 2.22. The Morgan fingerprint density at radius 1 is 1.08 bits per heavy atom. The molecule has 0 aliphatic rings. The summed E-state index contributed by atoms with van der Waals surface area (Å²) < 4.78 is 10.6. The van der Waals surface area contributed by atoms with Crippen LogP contribution >= 0.6 is 0 Å². The van der Waals surface area contributed by atoms with Gasteiger partial charge in [0.15, 0.2) is 5.78 Å². The van der Waals surface area contributed by atoms with Gasteiger partial charge >= 0.3 is 5.97 Å². The second kappa shape index (κ2) is 9.47. The molecule has 0 aliphatic heterocycles. The van der Waals surface area contributed by atoms with Crippen molar-refractivity contribution in [1.82, 2.24) is 0 Å². The second-order valence-electron chi connectivity index (χ2n) is 5.63. The molecule has 1 N–H and O–H groups in total. The molecule has 0 saturated heterocycles. The van der Waals surface area contributed by atoms with Crippen LogP contribution < -0.4 is 10.1 Å². The molecule has 0 saturated carbocycles. The van der Waals surface area contributed by atoms with Gasteiger partial charge in [-0.2, -0.15) is 0 Å². The molecule has 132 valence electrons. The van der Waals surface area contributed by atoms with E-state index in [1.54, 1.807) is 6.92 Å². The third kappa shape index (κ3) is 6.30. The zero-order chi connectivity index (χ0) is 18.1. The lowest BCUT2D eigenvalue weighted by Gasteiger charge is -2.12. The zero-order valence-corrected chi connectivity index (χ0v) is 14.6. The van der Waals surface area contributed by atoms with E-state index in [9.17, 15) is 9.59 Å². The molecule has 0 aromatic heterocycles. The first-order valence-corrected chi connectivity index (χ1v) is 8.27. The fourth-order valence-corrected chi connectivity index (χ4v) is 2.25. The van der Waals surface area contributed by atoms with Crippen molar-refractivity contribution in [3.05, 3.63) is 59.7 Å². The van der Waals surface area contributed by atoms with Crippen molar-refractivity contribution in [1.29, 1.82) is 0 Å². The Morgan fingerprint density at radius 3 is 2.56 bits per heavy atom. The number of carbonyl (C=O) groups excluding carboxylic acids is 2. The van der Waals surface area contributed by atoms with E-state index in [0.717, 1.165) is 22.6 Å². The largest absolute Gasteiger partial charge is 0.489 e. The molecule has 0 bridgehead atoms. The fourth-order valence-electron chi connectivity index (χ4n) is 2.25. The van der Waals surface area contributed by atoms with Crippen LogP contribution in [-0.4, -0.2) is 24.9 Å². The smallest absolute Gasteiger partial charge is 0.313 e. The van der Waals surface area contributed by atoms with Gasteiger partial charge in [-0.15, -0.1) is 0 Å². The van der Waals surface area contributed by atoms with Crippen LogP contribution in [0.15, 0.2) is 48.5 Å². The monoisotopic (exact) mass is 341 g/mol. The molecule has 0 aliphatic carbocycles. The summed E-state index contributed by atoms with van der Waals surface area (Å²) in [5.41, 5.74) is 2.89. The molecular formula is C20H23NO4. The molecule has 0 spiro atoms. The van der Waals surface area contributed by atoms with Crippen molar-refractivity contribution >= 4 is 17.4 Å². The first-order valence-electron chi connectivity index (χ1n) is 8.27. The van der Waals surface area contributed by atoms with Gasteiger partial charge in [-0.05, 0) is 31.0 Å². The number of anilines is 1. The van der Waals surface area contributed by atoms with Gasteiger partial charge in [0.05, 0.1) is 13.2 Å². The summed E-state index contributed by atoms with van der Waals surface area (Å²) in [6, 6.07) is 15.6. The fraction of sp³-hybridized carbons (Fsp3) is 0.300. The van der Waals surface area contributed by atoms with E-state index in [-0.39, 0.29) is 25.4 Å². The predicted octanol–water partition coefficient (Wildman–Crippen LogP) is 3.51. The maximum absolute atomic E-state index is 11.8. The minimum absolute atomic E-state index is 0.0712. The molecule has 0 heterocycles. The van der Waals surface area contributed by atoms with Crippen molar-refractivity contribution in [3.63, 3.8) is 0 Å². The van der Waals surface area contributed by atoms with E-state index in [4.69, 9.17) is 9.47 Å². The normalized spacial score (nSPS) is 10.2. The molecular weight excluding hydrogens is 318 g/mol. The van der Waals surface area contributed by atoms with E-state index in [1.165, 1.54) is 0 Å². The van der Waals surface area contributed by atoms with Crippen LogP contribution in [0.25, 0.3) is 0 Å². The topological polar surface area (TPSA) is 64.6 Å². The summed E-state index contributed by atoms with van der Waals surface area (Å²) in [6.45, 7) is 4.48. The van der Waals surface area contributed by atoms with Crippen molar-refractivity contribution in [2.75, 3.05) is 18.5 Å². The Labute approximate surface area is 148 Å². The molecule has 5 nitrogen and oxygen atoms in total. The Kier molecular flexibility index (Phi) is 7.01. The summed E-state index contributed by atoms with van der Waals surface area (Å²) in [5, 5.41) is 3.06. The standard InChI is InChI=1S/C20H23NO4/c1-3-24-20(23)11-17(22)13-21-19-12-18(10-9-15(19)2)25-14-16-7-5-4-6-8-16/h4-10,12,21H,3,11,13-14H2,1-2H3. The summed E-state index contributed by atoms with van der Waals surface area (Å²) in [6.07, 6.45) is -0.218. The number of hydrogen-bond acceptors (Lipinski definition) is 5. The van der Waals surface area contributed by atoms with Gasteiger partial charge in [0.2, 0.25) is 0 Å². The molecule has 2 aromatic carbocycles. The number of benzene rings is 2. The maximum Gasteiger partial charge on any atom is 0.313 e. The average Bonchev–Trinajstić information content (AvgIpc) is 2.61. The van der Waals surface area contributed by atoms with Crippen LogP contribution in [0.1, 0.15) is 24.5 Å². The van der Waals surface area contributed by atoms with E-state index in [2.05, 4.69) is 5.32 Å². The molecule has 5 heteroatoms. The third-order valence-electron chi connectivity index (χ3n) is 3.58. The number of Topliss-reactive ketones (excluding diaryl/α,β-unsaturated/α-hetero) is 1. The van der Waals surface area contributed by atoms with Crippen molar-refractivity contribution in [2.45, 2.75) is 26.9 Å². The molecule has 0 radical (unpaired) electrons. The first-order chi connectivity index (χ1) is 12.1. The molecule has 2 aromatic rings. The number of carbonyl (C=O) groups is 2. The van der Waals surface area contributed by atoms with Gasteiger partial charge in [0.25, 0.3) is 0 Å². The third-order valence-corrected chi connectivity index (χ3v) is 3.58. The van der Waals surface area contributed by atoms with Crippen LogP contribution in [0.4, 0.5) is 5.69 Å². The van der Waals surface area contributed by atoms with Gasteiger partial charge in [0.1, 0.15) is 18.8 Å². The molecule has 0 fully saturated rings. The van der Waals surface area contributed by atoms with Gasteiger partial charge in [-0.25, -0.2) is 0 Å². The van der Waals surface area contributed by atoms with E-state index in [1.807, 2.05) is 55.5 Å². The number of nitrogens with one attached hydrogen (secondary N) is 1. The van der Waals surface area contributed by atoms with Gasteiger partial charge < -0.3 is 14.8 Å². The van der Waals surface area contributed by atoms with Crippen LogP contribution in [0.5, 0.6) is 5.75 Å². The van der Waals surface area contributed by atoms with E-state index >= 15 is 0 Å². The SMILES string of the molecule is CCOC(=O)CC(=O)CNc1cc(OCc2ccccc2)ccc1C. The Hall–Kier alpha value is -2.82. The van der Waals surface area contributed by atoms with Gasteiger partial charge in [-0.1, -0.05) is 36.4 Å². The maximum atomic E-state index is 11.8. The summed E-state index contributed by atoms with van der Waals surface area (Å²) in [7, 11) is 0. The highest BCUT2D eigenvalue weighted by molar-refractivity contribution is 5.97. The predicted molar refractivity (Wildman–Crippen MR) is 96.7 cm³/mol. The van der Waals surface area contributed by atoms with Crippen molar-refractivity contribution in [2.24, 2.45) is 0 Å². The Balaban J connectivity index is 1.90. The molecule has 0 amide bonds. The van der Waals surface area contributed by atoms with E-state index in [0.29, 0.717) is 6.61 Å². The quantitative estimate of drug-likeness (QED) is 0.558. The molecule has 0 unspecified atom stereocenters. The van der Waals surface area contributed by atoms with Gasteiger partial charge in [-0.3, -0.25) is 9.59 Å². The number of ketones is 1. The van der Waals surface area contributed by atoms with Crippen LogP contribution in [0, 0.1) is 6.92 Å². The summed E-state index contributed by atoms with van der Waals surface area (Å²) in [4.78, 5) is 23.1. The summed E-state index contributed by atoms with van der Waals surface area (Å²) in [5.74, 6) is 0.00854. The Bertz CT molecular complexity index is 713. The molecule has 25 heavy (non-hydrogen) atoms. The minimum Gasteiger partial charge on any atom is -0.489 e. The Morgan fingerprint density at radius 2 is 1.84 bits per heavy atom. The van der Waals surface area contributed by atoms with Crippen LogP contribution in [0.3, 0.4) is 0 Å². The number of esters is 1. The van der Waals surface area contributed by atoms with Crippen molar-refractivity contribution < 1.29 is 19.1 Å². The molecule has 2 rings (SSSR count). The van der Waals surface area contributed by atoms with Crippen LogP contribution in [0.2, 0.25) is 0 Å². The number of ether oxygens (including phenoxy) is 2. The van der Waals surface area contributed by atoms with Gasteiger partial charge in [0, 0.05) is 11.8 Å². The minimum atomic E-state index is -0.494. The summed E-state index contributed by atoms with van der Waals surface area (Å²) >= 11 is 0. The lowest BCUT2D eigenvalue weighted by Crippen LogP contribution is -2.19. The first kappa shape index (κ1) is 18.5.